The largest absolute Gasteiger partial charge is 0.480 e. The van der Waals surface area contributed by atoms with Crippen LogP contribution in [-0.2, 0) is 14.3 Å². The van der Waals surface area contributed by atoms with Gasteiger partial charge in [0.2, 0.25) is 0 Å². The van der Waals surface area contributed by atoms with Gasteiger partial charge in [-0.2, -0.15) is 0 Å². The summed E-state index contributed by atoms with van der Waals surface area (Å²) in [4.78, 5) is 24.4. The zero-order chi connectivity index (χ0) is 14.6. The summed E-state index contributed by atoms with van der Waals surface area (Å²) in [5, 5.41) is 9.15. The standard InChI is InChI=1S/C12H21NO5/c1-12(2,3)18-11(16)13-6-8(7-17-4)5-9(13)10(14)15/h8-9H,5-7H2,1-4H3,(H,14,15)/t8-,9-/m0/s1/i4D. The molecule has 1 saturated heterocycles. The van der Waals surface area contributed by atoms with Crippen molar-refractivity contribution in [1.82, 2.24) is 4.90 Å². The van der Waals surface area contributed by atoms with Gasteiger partial charge in [0.05, 0.1) is 7.98 Å². The summed E-state index contributed by atoms with van der Waals surface area (Å²) in [6.45, 7) is 5.77. The normalized spacial score (nSPS) is 24.8. The second-order valence-corrected chi connectivity index (χ2v) is 5.46. The van der Waals surface area contributed by atoms with E-state index in [1.165, 1.54) is 4.90 Å². The number of carbonyl (C=O) groups is 2. The molecule has 0 aromatic carbocycles. The number of carboxylic acids is 1. The zero-order valence-electron chi connectivity index (χ0n) is 12.0. The molecule has 0 aromatic heterocycles. The number of hydrogen-bond acceptors (Lipinski definition) is 4. The second-order valence-electron chi connectivity index (χ2n) is 5.46. The third-order valence-electron chi connectivity index (χ3n) is 2.65. The summed E-state index contributed by atoms with van der Waals surface area (Å²) in [5.41, 5.74) is -0.657. The molecule has 0 radical (unpaired) electrons. The Labute approximate surface area is 108 Å². The van der Waals surface area contributed by atoms with Crippen molar-refractivity contribution in [3.05, 3.63) is 0 Å². The number of likely N-dealkylation sites (tertiary alicyclic amines) is 1. The number of methoxy groups -OCH3 is 1. The summed E-state index contributed by atoms with van der Waals surface area (Å²) in [7, 11) is -0.166. The molecule has 0 spiro atoms. The van der Waals surface area contributed by atoms with E-state index in [9.17, 15) is 9.59 Å². The third-order valence-corrected chi connectivity index (χ3v) is 2.65. The Kier molecular flexibility index (Phi) is 4.06. The monoisotopic (exact) mass is 260 g/mol. The molecule has 104 valence electrons. The lowest BCUT2D eigenvalue weighted by atomic mass is 10.1. The van der Waals surface area contributed by atoms with E-state index in [2.05, 4.69) is 0 Å². The van der Waals surface area contributed by atoms with Crippen molar-refractivity contribution in [3.63, 3.8) is 0 Å². The average molecular weight is 260 g/mol. The van der Waals surface area contributed by atoms with E-state index in [4.69, 9.17) is 16.0 Å². The van der Waals surface area contributed by atoms with Crippen LogP contribution >= 0.6 is 0 Å². The number of nitrogens with zero attached hydrogens (tertiary/aromatic N) is 1. The summed E-state index contributed by atoms with van der Waals surface area (Å²) >= 11 is 0. The molecule has 0 aromatic rings. The van der Waals surface area contributed by atoms with Crippen molar-refractivity contribution in [1.29, 1.82) is 0 Å². The fourth-order valence-electron chi connectivity index (χ4n) is 1.97. The molecule has 1 aliphatic heterocycles. The minimum absolute atomic E-state index is 0.0704. The summed E-state index contributed by atoms with van der Waals surface area (Å²) < 4.78 is 17.1. The van der Waals surface area contributed by atoms with Gasteiger partial charge in [-0.1, -0.05) is 0 Å². The van der Waals surface area contributed by atoms with Crippen LogP contribution in [0.15, 0.2) is 0 Å². The fraction of sp³-hybridized carbons (Fsp3) is 0.833. The van der Waals surface area contributed by atoms with E-state index in [0.717, 1.165) is 0 Å². The highest BCUT2D eigenvalue weighted by Crippen LogP contribution is 2.25. The van der Waals surface area contributed by atoms with Crippen LogP contribution in [0, 0.1) is 5.92 Å². The van der Waals surface area contributed by atoms with Gasteiger partial charge in [0.15, 0.2) is 0 Å². The van der Waals surface area contributed by atoms with E-state index in [1.54, 1.807) is 20.8 Å². The number of carboxylic acid groups (broad SMARTS) is 1. The summed E-state index contributed by atoms with van der Waals surface area (Å²) in [6, 6.07) is -0.880. The Bertz CT molecular complexity index is 342. The molecule has 6 nitrogen and oxygen atoms in total. The lowest BCUT2D eigenvalue weighted by molar-refractivity contribution is -0.142. The molecule has 1 rings (SSSR count). The molecule has 0 bridgehead atoms. The zero-order valence-corrected chi connectivity index (χ0v) is 11.0. The maximum absolute atomic E-state index is 12.0. The smallest absolute Gasteiger partial charge is 0.411 e. The van der Waals surface area contributed by atoms with E-state index >= 15 is 0 Å². The van der Waals surface area contributed by atoms with E-state index in [-0.39, 0.29) is 26.2 Å². The molecule has 18 heavy (non-hydrogen) atoms. The van der Waals surface area contributed by atoms with Crippen molar-refractivity contribution in [2.45, 2.75) is 38.8 Å². The van der Waals surface area contributed by atoms with Crippen molar-refractivity contribution in [2.24, 2.45) is 5.92 Å². The van der Waals surface area contributed by atoms with Crippen LogP contribution in [0.4, 0.5) is 4.79 Å². The van der Waals surface area contributed by atoms with Gasteiger partial charge in [0.1, 0.15) is 11.6 Å². The first-order valence-electron chi connectivity index (χ1n) is 6.54. The first-order valence-corrected chi connectivity index (χ1v) is 5.84. The number of rotatable bonds is 3. The maximum atomic E-state index is 12.0. The SMILES string of the molecule is [2H]COC[C@H]1C[C@@H](C(=O)O)N(C(=O)OC(C)(C)C)C1. The quantitative estimate of drug-likeness (QED) is 0.828. The molecule has 1 heterocycles. The Morgan fingerprint density at radius 2 is 2.17 bits per heavy atom. The number of carbonyl (C=O) groups excluding carboxylic acids is 1. The fourth-order valence-corrected chi connectivity index (χ4v) is 1.97. The van der Waals surface area contributed by atoms with Gasteiger partial charge in [0.25, 0.3) is 0 Å². The van der Waals surface area contributed by atoms with Gasteiger partial charge in [-0.15, -0.1) is 0 Å². The molecule has 2 atom stereocenters. The molecule has 1 amide bonds. The molecule has 0 unspecified atom stereocenters. The van der Waals surface area contributed by atoms with Crippen molar-refractivity contribution in [3.8, 4) is 0 Å². The van der Waals surface area contributed by atoms with Crippen LogP contribution in [0.3, 0.4) is 0 Å². The minimum Gasteiger partial charge on any atom is -0.480 e. The van der Waals surface area contributed by atoms with Crippen LogP contribution in [0.1, 0.15) is 28.6 Å². The predicted molar refractivity (Wildman–Crippen MR) is 64.3 cm³/mol. The molecular weight excluding hydrogens is 238 g/mol. The predicted octanol–water partition coefficient (Wildman–Crippen LogP) is 1.34. The van der Waals surface area contributed by atoms with Crippen molar-refractivity contribution < 1.29 is 25.5 Å². The van der Waals surface area contributed by atoms with Crippen LogP contribution in [0.25, 0.3) is 0 Å². The minimum atomic E-state index is -1.04. The van der Waals surface area contributed by atoms with Gasteiger partial charge >= 0.3 is 12.1 Å². The maximum Gasteiger partial charge on any atom is 0.411 e. The van der Waals surface area contributed by atoms with Crippen LogP contribution in [0.2, 0.25) is 0 Å². The van der Waals surface area contributed by atoms with Crippen LogP contribution in [-0.4, -0.2) is 53.9 Å². The van der Waals surface area contributed by atoms with Crippen LogP contribution < -0.4 is 0 Å². The Hall–Kier alpha value is -1.30. The Balaban J connectivity index is 2.68. The third kappa shape index (κ3) is 3.87. The van der Waals surface area contributed by atoms with E-state index in [1.807, 2.05) is 0 Å². The number of ether oxygens (including phenoxy) is 2. The first kappa shape index (κ1) is 13.1. The molecule has 1 fully saturated rings. The van der Waals surface area contributed by atoms with E-state index < -0.39 is 23.7 Å². The van der Waals surface area contributed by atoms with Crippen molar-refractivity contribution in [2.75, 3.05) is 20.2 Å². The average Bonchev–Trinajstić information content (AvgIpc) is 2.68. The lowest BCUT2D eigenvalue weighted by Crippen LogP contribution is -2.43. The molecule has 1 aliphatic rings. The molecule has 1 N–H and O–H groups in total. The molecule has 0 saturated carbocycles. The lowest BCUT2D eigenvalue weighted by Gasteiger charge is -2.26. The highest BCUT2D eigenvalue weighted by Gasteiger charge is 2.41. The molecule has 0 aliphatic carbocycles. The van der Waals surface area contributed by atoms with Gasteiger partial charge in [-0.3, -0.25) is 4.90 Å². The van der Waals surface area contributed by atoms with Crippen LogP contribution in [0.5, 0.6) is 0 Å². The molecular formula is C12H21NO5. The topological polar surface area (TPSA) is 76.1 Å². The second kappa shape index (κ2) is 5.56. The van der Waals surface area contributed by atoms with Gasteiger partial charge in [0, 0.05) is 19.5 Å². The first-order chi connectivity index (χ1) is 8.74. The highest BCUT2D eigenvalue weighted by atomic mass is 16.6. The summed E-state index contributed by atoms with van der Waals surface area (Å²) in [6.07, 6.45) is -0.289. The van der Waals surface area contributed by atoms with Gasteiger partial charge in [-0.05, 0) is 27.2 Å². The number of aliphatic carboxylic acids is 1. The Morgan fingerprint density at radius 1 is 1.50 bits per heavy atom. The van der Waals surface area contributed by atoms with E-state index in [0.29, 0.717) is 6.42 Å². The van der Waals surface area contributed by atoms with Gasteiger partial charge < -0.3 is 14.6 Å². The van der Waals surface area contributed by atoms with Gasteiger partial charge in [-0.25, -0.2) is 9.59 Å². The molecule has 6 heteroatoms. The highest BCUT2D eigenvalue weighted by molar-refractivity contribution is 5.81. The number of amides is 1. The summed E-state index contributed by atoms with van der Waals surface area (Å²) in [5.74, 6) is -1.11. The Morgan fingerprint density at radius 3 is 2.67 bits per heavy atom. The van der Waals surface area contributed by atoms with Crippen molar-refractivity contribution >= 4 is 12.1 Å². The number of hydrogen-bond donors (Lipinski definition) is 1.